The number of hydrogen-bond donors (Lipinski definition) is 0. The van der Waals surface area contributed by atoms with Crippen molar-refractivity contribution in [2.24, 2.45) is 0 Å². The summed E-state index contributed by atoms with van der Waals surface area (Å²) in [6.07, 6.45) is 0. The highest BCUT2D eigenvalue weighted by molar-refractivity contribution is 7.26. The van der Waals surface area contributed by atoms with Gasteiger partial charge in [0.1, 0.15) is 0 Å². The standard InChI is InChI=1S/C74H47NS/c1-3-21-48(22-4-1)50-25-17-27-52(45-50)73(53-28-18-26-51(46-53)49-23-5-2-6-24-49)61-34-12-7-31-57(61)58-44-43-54(47-66(58)73)75(68-40-20-42-70-72(68)60-33-11-16-41-69(60)76-70)67-39-19-38-65-71(67)59-32-10-15-37-64(59)74(65)62-35-13-8-29-55(62)56-30-9-14-36-63(56)74/h1-47H. The lowest BCUT2D eigenvalue weighted by Crippen LogP contribution is -2.29. The van der Waals surface area contributed by atoms with E-state index in [1.165, 1.54) is 120 Å². The van der Waals surface area contributed by atoms with Crippen molar-refractivity contribution in [3.8, 4) is 55.6 Å². The fraction of sp³-hybridized carbons (Fsp3) is 0.0270. The molecule has 0 saturated carbocycles. The number of benzene rings is 12. The fourth-order valence-electron chi connectivity index (χ4n) is 14.0. The van der Waals surface area contributed by atoms with Gasteiger partial charge in [0.2, 0.25) is 0 Å². The quantitative estimate of drug-likeness (QED) is 0.154. The molecular weight excluding hydrogens is 935 g/mol. The first-order valence-electron chi connectivity index (χ1n) is 26.4. The van der Waals surface area contributed by atoms with Gasteiger partial charge in [-0.1, -0.05) is 237 Å². The molecule has 1 aromatic heterocycles. The first-order valence-corrected chi connectivity index (χ1v) is 27.2. The van der Waals surface area contributed by atoms with E-state index in [0.29, 0.717) is 0 Å². The topological polar surface area (TPSA) is 3.24 Å². The molecule has 0 aliphatic heterocycles. The maximum atomic E-state index is 2.62. The number of thiophene rings is 1. The second-order valence-electron chi connectivity index (χ2n) is 20.6. The van der Waals surface area contributed by atoms with E-state index in [-0.39, 0.29) is 0 Å². The average Bonchev–Trinajstić information content (AvgIpc) is 4.40. The van der Waals surface area contributed by atoms with Crippen LogP contribution < -0.4 is 4.90 Å². The number of rotatable bonds is 7. The van der Waals surface area contributed by atoms with Gasteiger partial charge in [0.25, 0.3) is 0 Å². The Bertz CT molecular complexity index is 4360. The van der Waals surface area contributed by atoms with Gasteiger partial charge in [-0.3, -0.25) is 0 Å². The van der Waals surface area contributed by atoms with Crippen molar-refractivity contribution in [2.45, 2.75) is 10.8 Å². The van der Waals surface area contributed by atoms with Gasteiger partial charge < -0.3 is 4.90 Å². The van der Waals surface area contributed by atoms with Crippen LogP contribution in [0.4, 0.5) is 17.1 Å². The van der Waals surface area contributed by atoms with E-state index < -0.39 is 10.8 Å². The molecule has 0 bridgehead atoms. The minimum absolute atomic E-state index is 0.496. The molecule has 0 fully saturated rings. The minimum Gasteiger partial charge on any atom is -0.309 e. The third-order valence-corrected chi connectivity index (χ3v) is 18.1. The third-order valence-electron chi connectivity index (χ3n) is 17.0. The maximum Gasteiger partial charge on any atom is 0.0726 e. The smallest absolute Gasteiger partial charge is 0.0726 e. The normalized spacial score (nSPS) is 13.7. The highest BCUT2D eigenvalue weighted by atomic mass is 32.1. The number of nitrogens with zero attached hydrogens (tertiary/aromatic N) is 1. The second kappa shape index (κ2) is 16.6. The SMILES string of the molecule is c1ccc(-c2cccc(C3(c4cccc(-c5ccccc5)c4)c4ccccc4-c4ccc(N(c5cccc6c5-c5ccccc5C65c6ccccc6-c6ccccc65)c5cccc6sc7ccccc7c56)cc43)c2)cc1. The molecule has 12 aromatic carbocycles. The molecule has 1 heterocycles. The minimum atomic E-state index is -0.698. The van der Waals surface area contributed by atoms with Gasteiger partial charge in [-0.25, -0.2) is 0 Å². The summed E-state index contributed by atoms with van der Waals surface area (Å²) in [5.74, 6) is 0. The van der Waals surface area contributed by atoms with Gasteiger partial charge in [-0.15, -0.1) is 11.3 Å². The monoisotopic (exact) mass is 981 g/mol. The van der Waals surface area contributed by atoms with Crippen LogP contribution in [0.2, 0.25) is 0 Å². The molecule has 0 N–H and O–H groups in total. The third kappa shape index (κ3) is 5.90. The predicted molar refractivity (Wildman–Crippen MR) is 318 cm³/mol. The zero-order valence-corrected chi connectivity index (χ0v) is 42.3. The molecule has 3 aliphatic carbocycles. The molecule has 3 aliphatic rings. The molecule has 0 unspecified atom stereocenters. The zero-order valence-electron chi connectivity index (χ0n) is 41.5. The number of fused-ring (bicyclic) bond motifs is 16. The first-order chi connectivity index (χ1) is 37.7. The lowest BCUT2D eigenvalue weighted by atomic mass is 9.67. The number of anilines is 3. The van der Waals surface area contributed by atoms with Crippen molar-refractivity contribution >= 4 is 48.6 Å². The molecule has 2 heteroatoms. The molecule has 0 saturated heterocycles. The van der Waals surface area contributed by atoms with E-state index >= 15 is 0 Å². The average molecular weight is 982 g/mol. The summed E-state index contributed by atoms with van der Waals surface area (Å²) in [5.41, 5.74) is 25.0. The van der Waals surface area contributed by atoms with Crippen molar-refractivity contribution < 1.29 is 0 Å². The molecule has 76 heavy (non-hydrogen) atoms. The highest BCUT2D eigenvalue weighted by Gasteiger charge is 2.53. The van der Waals surface area contributed by atoms with E-state index in [4.69, 9.17) is 0 Å². The summed E-state index contributed by atoms with van der Waals surface area (Å²) in [6.45, 7) is 0. The summed E-state index contributed by atoms with van der Waals surface area (Å²) in [4.78, 5) is 2.62. The van der Waals surface area contributed by atoms with Crippen LogP contribution in [-0.4, -0.2) is 0 Å². The number of hydrogen-bond acceptors (Lipinski definition) is 2. The second-order valence-corrected chi connectivity index (χ2v) is 21.7. The molecule has 354 valence electrons. The van der Waals surface area contributed by atoms with Crippen LogP contribution in [0, 0.1) is 0 Å². The summed E-state index contributed by atoms with van der Waals surface area (Å²) in [6, 6.07) is 107. The van der Waals surface area contributed by atoms with Gasteiger partial charge in [0.15, 0.2) is 0 Å². The summed E-state index contributed by atoms with van der Waals surface area (Å²) in [7, 11) is 0. The largest absolute Gasteiger partial charge is 0.309 e. The Hall–Kier alpha value is -9.34. The molecule has 0 radical (unpaired) electrons. The Morgan fingerprint density at radius 2 is 0.724 bits per heavy atom. The molecule has 13 aromatic rings. The lowest BCUT2D eigenvalue weighted by molar-refractivity contribution is 0.769. The van der Waals surface area contributed by atoms with E-state index in [1.54, 1.807) is 0 Å². The molecule has 16 rings (SSSR count). The highest BCUT2D eigenvalue weighted by Crippen LogP contribution is 2.65. The van der Waals surface area contributed by atoms with Crippen molar-refractivity contribution in [1.82, 2.24) is 0 Å². The van der Waals surface area contributed by atoms with Gasteiger partial charge in [0, 0.05) is 31.4 Å². The molecule has 1 nitrogen and oxygen atoms in total. The van der Waals surface area contributed by atoms with Crippen LogP contribution in [0.5, 0.6) is 0 Å². The van der Waals surface area contributed by atoms with Crippen LogP contribution in [0.1, 0.15) is 44.5 Å². The van der Waals surface area contributed by atoms with Crippen molar-refractivity contribution in [3.05, 3.63) is 330 Å². The van der Waals surface area contributed by atoms with Crippen LogP contribution in [0.25, 0.3) is 75.8 Å². The van der Waals surface area contributed by atoms with Gasteiger partial charge in [0.05, 0.1) is 22.2 Å². The van der Waals surface area contributed by atoms with Gasteiger partial charge in [-0.05, 0) is 143 Å². The molecular formula is C74H47NS. The van der Waals surface area contributed by atoms with Crippen molar-refractivity contribution in [3.63, 3.8) is 0 Å². The predicted octanol–water partition coefficient (Wildman–Crippen LogP) is 19.6. The Balaban J connectivity index is 1.02. The van der Waals surface area contributed by atoms with Crippen LogP contribution >= 0.6 is 11.3 Å². The Labute approximate surface area is 446 Å². The summed E-state index contributed by atoms with van der Waals surface area (Å²) >= 11 is 1.88. The van der Waals surface area contributed by atoms with E-state index in [9.17, 15) is 0 Å². The summed E-state index contributed by atoms with van der Waals surface area (Å²) in [5, 5.41) is 2.53. The van der Waals surface area contributed by atoms with E-state index in [1.807, 2.05) is 11.3 Å². The molecule has 0 amide bonds. The van der Waals surface area contributed by atoms with E-state index in [2.05, 4.69) is 290 Å². The van der Waals surface area contributed by atoms with Gasteiger partial charge in [-0.2, -0.15) is 0 Å². The molecule has 0 atom stereocenters. The first kappa shape index (κ1) is 43.1. The zero-order chi connectivity index (χ0) is 50.0. The fourth-order valence-corrected chi connectivity index (χ4v) is 15.1. The Morgan fingerprint density at radius 3 is 1.36 bits per heavy atom. The van der Waals surface area contributed by atoms with Crippen LogP contribution in [-0.2, 0) is 10.8 Å². The van der Waals surface area contributed by atoms with Crippen molar-refractivity contribution in [1.29, 1.82) is 0 Å². The lowest BCUT2D eigenvalue weighted by Gasteiger charge is -2.36. The summed E-state index contributed by atoms with van der Waals surface area (Å²) < 4.78 is 2.55. The van der Waals surface area contributed by atoms with Crippen molar-refractivity contribution in [2.75, 3.05) is 4.90 Å². The molecule has 1 spiro atoms. The maximum absolute atomic E-state index is 2.62. The Kier molecular flexibility index (Phi) is 9.40. The van der Waals surface area contributed by atoms with Crippen LogP contribution in [0.15, 0.2) is 285 Å². The van der Waals surface area contributed by atoms with E-state index in [0.717, 1.165) is 17.1 Å². The van der Waals surface area contributed by atoms with Gasteiger partial charge >= 0.3 is 0 Å². The Morgan fingerprint density at radius 1 is 0.276 bits per heavy atom. The van der Waals surface area contributed by atoms with Crippen LogP contribution in [0.3, 0.4) is 0 Å².